The molecule has 1 aliphatic rings. The third kappa shape index (κ3) is 5.01. The molecule has 0 amide bonds. The average Bonchev–Trinajstić information content (AvgIpc) is 2.55. The SMILES string of the molecule is C=C(Sc1ccccc1)C1=C(SC)C=C(/C=C/C=C\S)CC1. The van der Waals surface area contributed by atoms with E-state index in [2.05, 4.69) is 61.9 Å². The van der Waals surface area contributed by atoms with Crippen molar-refractivity contribution in [3.8, 4) is 0 Å². The summed E-state index contributed by atoms with van der Waals surface area (Å²) >= 11 is 7.62. The fraction of sp³-hybridized carbons (Fsp3) is 0.158. The smallest absolute Gasteiger partial charge is 0.0122 e. The van der Waals surface area contributed by atoms with Gasteiger partial charge in [0.1, 0.15) is 0 Å². The molecule has 1 aromatic carbocycles. The molecule has 0 spiro atoms. The van der Waals surface area contributed by atoms with Crippen LogP contribution in [0.2, 0.25) is 0 Å². The first-order chi connectivity index (χ1) is 10.7. The number of hydrogen-bond donors (Lipinski definition) is 1. The summed E-state index contributed by atoms with van der Waals surface area (Å²) in [6, 6.07) is 10.4. The van der Waals surface area contributed by atoms with E-state index in [1.54, 1.807) is 28.9 Å². The van der Waals surface area contributed by atoms with Crippen molar-refractivity contribution in [3.63, 3.8) is 0 Å². The molecule has 0 bridgehead atoms. The van der Waals surface area contributed by atoms with Crippen molar-refractivity contribution in [3.05, 3.63) is 87.6 Å². The van der Waals surface area contributed by atoms with E-state index in [9.17, 15) is 0 Å². The highest BCUT2D eigenvalue weighted by Crippen LogP contribution is 2.40. The molecule has 0 nitrogen and oxygen atoms in total. The molecule has 1 aliphatic carbocycles. The van der Waals surface area contributed by atoms with E-state index in [1.807, 2.05) is 18.2 Å². The minimum absolute atomic E-state index is 1.05. The molecule has 2 rings (SSSR count). The Bertz CT molecular complexity index is 634. The predicted octanol–water partition coefficient (Wildman–Crippen LogP) is 6.63. The Labute approximate surface area is 147 Å². The quantitative estimate of drug-likeness (QED) is 0.349. The van der Waals surface area contributed by atoms with Gasteiger partial charge in [-0.15, -0.1) is 11.8 Å². The van der Waals surface area contributed by atoms with Crippen LogP contribution in [0.5, 0.6) is 0 Å². The Kier molecular flexibility index (Phi) is 7.23. The van der Waals surface area contributed by atoms with Gasteiger partial charge in [-0.25, -0.2) is 0 Å². The maximum atomic E-state index is 4.30. The fourth-order valence-corrected chi connectivity index (χ4v) is 4.05. The van der Waals surface area contributed by atoms with Crippen molar-refractivity contribution in [2.75, 3.05) is 6.26 Å². The van der Waals surface area contributed by atoms with Gasteiger partial charge in [0, 0.05) is 14.7 Å². The molecule has 114 valence electrons. The molecule has 3 heteroatoms. The molecule has 0 N–H and O–H groups in total. The Morgan fingerprint density at radius 3 is 2.64 bits per heavy atom. The van der Waals surface area contributed by atoms with E-state index in [0.29, 0.717) is 0 Å². The topological polar surface area (TPSA) is 0 Å². The van der Waals surface area contributed by atoms with Crippen molar-refractivity contribution in [1.29, 1.82) is 0 Å². The van der Waals surface area contributed by atoms with Crippen LogP contribution in [0.25, 0.3) is 0 Å². The first-order valence-electron chi connectivity index (χ1n) is 7.12. The highest BCUT2D eigenvalue weighted by molar-refractivity contribution is 8.04. The maximum Gasteiger partial charge on any atom is 0.0122 e. The van der Waals surface area contributed by atoms with Gasteiger partial charge in [-0.1, -0.05) is 54.8 Å². The maximum absolute atomic E-state index is 4.30. The Morgan fingerprint density at radius 1 is 1.18 bits per heavy atom. The lowest BCUT2D eigenvalue weighted by molar-refractivity contribution is 0.945. The Morgan fingerprint density at radius 2 is 1.95 bits per heavy atom. The summed E-state index contributed by atoms with van der Waals surface area (Å²) in [6.07, 6.45) is 12.7. The van der Waals surface area contributed by atoms with Gasteiger partial charge in [0.15, 0.2) is 0 Å². The number of thioether (sulfide) groups is 2. The summed E-state index contributed by atoms with van der Waals surface area (Å²) in [6.45, 7) is 4.30. The van der Waals surface area contributed by atoms with E-state index in [1.165, 1.54) is 20.9 Å². The van der Waals surface area contributed by atoms with Gasteiger partial charge in [0.2, 0.25) is 0 Å². The number of hydrogen-bond acceptors (Lipinski definition) is 3. The zero-order valence-electron chi connectivity index (χ0n) is 12.7. The molecule has 0 atom stereocenters. The third-order valence-electron chi connectivity index (χ3n) is 3.33. The van der Waals surface area contributed by atoms with Gasteiger partial charge in [0.25, 0.3) is 0 Å². The van der Waals surface area contributed by atoms with Crippen LogP contribution >= 0.6 is 36.2 Å². The van der Waals surface area contributed by atoms with Gasteiger partial charge in [0.05, 0.1) is 0 Å². The number of allylic oxidation sites excluding steroid dienone is 6. The molecule has 0 heterocycles. The van der Waals surface area contributed by atoms with Crippen LogP contribution in [0.1, 0.15) is 12.8 Å². The molecule has 0 aliphatic heterocycles. The molecule has 0 radical (unpaired) electrons. The molecule has 1 aromatic rings. The third-order valence-corrected chi connectivity index (χ3v) is 5.30. The number of benzene rings is 1. The highest BCUT2D eigenvalue weighted by Gasteiger charge is 2.15. The first-order valence-corrected chi connectivity index (χ1v) is 9.67. The zero-order valence-corrected chi connectivity index (χ0v) is 15.2. The summed E-state index contributed by atoms with van der Waals surface area (Å²) in [5, 5.41) is 1.75. The van der Waals surface area contributed by atoms with E-state index in [-0.39, 0.29) is 0 Å². The minimum Gasteiger partial charge on any atom is -0.151 e. The first kappa shape index (κ1) is 17.3. The summed E-state index contributed by atoms with van der Waals surface area (Å²) < 4.78 is 0. The van der Waals surface area contributed by atoms with Crippen LogP contribution in [-0.4, -0.2) is 6.26 Å². The van der Waals surface area contributed by atoms with Crippen LogP contribution in [0.15, 0.2) is 92.5 Å². The van der Waals surface area contributed by atoms with Crippen LogP contribution in [0.3, 0.4) is 0 Å². The summed E-state index contributed by atoms with van der Waals surface area (Å²) in [5.41, 5.74) is 2.74. The largest absolute Gasteiger partial charge is 0.151 e. The predicted molar refractivity (Wildman–Crippen MR) is 107 cm³/mol. The van der Waals surface area contributed by atoms with Gasteiger partial charge in [-0.2, -0.15) is 12.6 Å². The molecular formula is C19H20S3. The lowest BCUT2D eigenvalue weighted by Gasteiger charge is -2.19. The van der Waals surface area contributed by atoms with Gasteiger partial charge in [-0.3, -0.25) is 0 Å². The fourth-order valence-electron chi connectivity index (χ4n) is 2.23. The average molecular weight is 345 g/mol. The molecule has 0 saturated heterocycles. The molecular weight excluding hydrogens is 324 g/mol. The Balaban J connectivity index is 2.16. The summed E-state index contributed by atoms with van der Waals surface area (Å²) in [5.74, 6) is 0. The van der Waals surface area contributed by atoms with E-state index < -0.39 is 0 Å². The second kappa shape index (κ2) is 9.19. The van der Waals surface area contributed by atoms with Crippen LogP contribution in [0.4, 0.5) is 0 Å². The molecule has 0 unspecified atom stereocenters. The van der Waals surface area contributed by atoms with Crippen LogP contribution < -0.4 is 0 Å². The zero-order chi connectivity index (χ0) is 15.8. The van der Waals surface area contributed by atoms with E-state index in [0.717, 1.165) is 17.7 Å². The number of thiol groups is 1. The second-order valence-electron chi connectivity index (χ2n) is 4.81. The van der Waals surface area contributed by atoms with Crippen LogP contribution in [0, 0.1) is 0 Å². The monoisotopic (exact) mass is 344 g/mol. The van der Waals surface area contributed by atoms with Gasteiger partial charge >= 0.3 is 0 Å². The van der Waals surface area contributed by atoms with Gasteiger partial charge in [-0.05, 0) is 53.9 Å². The van der Waals surface area contributed by atoms with Crippen molar-refractivity contribution >= 4 is 36.2 Å². The normalized spacial score (nSPS) is 15.6. The van der Waals surface area contributed by atoms with Crippen molar-refractivity contribution < 1.29 is 0 Å². The van der Waals surface area contributed by atoms with E-state index >= 15 is 0 Å². The highest BCUT2D eigenvalue weighted by atomic mass is 32.2. The summed E-state index contributed by atoms with van der Waals surface area (Å²) in [7, 11) is 0. The van der Waals surface area contributed by atoms with Gasteiger partial charge < -0.3 is 0 Å². The van der Waals surface area contributed by atoms with Crippen molar-refractivity contribution in [2.45, 2.75) is 17.7 Å². The second-order valence-corrected chi connectivity index (χ2v) is 7.12. The molecule has 0 aromatic heterocycles. The molecule has 0 fully saturated rings. The number of rotatable bonds is 6. The molecule has 0 saturated carbocycles. The Hall–Kier alpha value is -1.03. The summed E-state index contributed by atoms with van der Waals surface area (Å²) in [4.78, 5) is 3.73. The van der Waals surface area contributed by atoms with Crippen LogP contribution in [-0.2, 0) is 0 Å². The standard InChI is InChI=1S/C19H20S3/c1-15(22-17-9-4-3-5-10-17)18-12-11-16(8-6-7-13-20)14-19(18)21-2/h3-10,13-14,20H,1,11-12H2,2H3/b8-6+,13-7-. The minimum atomic E-state index is 1.05. The lowest BCUT2D eigenvalue weighted by Crippen LogP contribution is -1.97. The van der Waals surface area contributed by atoms with Crippen molar-refractivity contribution in [2.24, 2.45) is 0 Å². The van der Waals surface area contributed by atoms with Crippen molar-refractivity contribution in [1.82, 2.24) is 0 Å². The molecule has 22 heavy (non-hydrogen) atoms. The lowest BCUT2D eigenvalue weighted by atomic mass is 9.97. The van der Waals surface area contributed by atoms with E-state index in [4.69, 9.17) is 0 Å².